The van der Waals surface area contributed by atoms with E-state index in [0.717, 1.165) is 0 Å². The molecular formula is C15H20N6O5S2. The third kappa shape index (κ3) is 4.55. The van der Waals surface area contributed by atoms with Crippen LogP contribution in [-0.2, 0) is 20.8 Å². The summed E-state index contributed by atoms with van der Waals surface area (Å²) >= 11 is 0. The van der Waals surface area contributed by atoms with E-state index in [1.165, 1.54) is 38.5 Å². The number of hydrazine groups is 1. The Morgan fingerprint density at radius 3 is 2.32 bits per heavy atom. The zero-order valence-electron chi connectivity index (χ0n) is 15.4. The molecule has 0 aliphatic heterocycles. The van der Waals surface area contributed by atoms with Gasteiger partial charge in [-0.05, 0) is 12.1 Å². The number of ether oxygens (including phenoxy) is 2. The lowest BCUT2D eigenvalue weighted by Gasteiger charge is -2.19. The molecule has 0 fully saturated rings. The molecule has 0 saturated heterocycles. The number of sulfonamides is 1. The number of aliphatic imine (C=N–C) groups is 1. The van der Waals surface area contributed by atoms with Crippen LogP contribution in [0.2, 0.25) is 0 Å². The molecule has 1 atom stereocenters. The maximum atomic E-state index is 12.9. The number of guanidine groups is 1. The average Bonchev–Trinajstić information content (AvgIpc) is 2.71. The highest BCUT2D eigenvalue weighted by Crippen LogP contribution is 2.23. The van der Waals surface area contributed by atoms with Crippen LogP contribution in [0.15, 0.2) is 45.1 Å². The summed E-state index contributed by atoms with van der Waals surface area (Å²) in [7, 11) is -3.10. The smallest absolute Gasteiger partial charge is 0.281 e. The van der Waals surface area contributed by atoms with Gasteiger partial charge in [0.15, 0.2) is 0 Å². The van der Waals surface area contributed by atoms with Crippen molar-refractivity contribution in [2.24, 2.45) is 16.6 Å². The van der Waals surface area contributed by atoms with Gasteiger partial charge in [0, 0.05) is 5.75 Å². The van der Waals surface area contributed by atoms with E-state index < -0.39 is 26.8 Å². The van der Waals surface area contributed by atoms with Crippen LogP contribution in [0.4, 0.5) is 5.95 Å². The first kappa shape index (κ1) is 21.5. The Labute approximate surface area is 164 Å². The van der Waals surface area contributed by atoms with Gasteiger partial charge in [0.2, 0.25) is 17.7 Å². The summed E-state index contributed by atoms with van der Waals surface area (Å²) in [6.07, 6.45) is 0. The van der Waals surface area contributed by atoms with Crippen LogP contribution < -0.4 is 21.1 Å². The summed E-state index contributed by atoms with van der Waals surface area (Å²) in [6.45, 7) is 1.67. The Morgan fingerprint density at radius 1 is 1.21 bits per heavy atom. The molecular weight excluding hydrogens is 408 g/mol. The highest BCUT2D eigenvalue weighted by atomic mass is 32.2. The van der Waals surface area contributed by atoms with Gasteiger partial charge in [0.1, 0.15) is 4.90 Å². The number of nitrogens with zero attached hydrogens (tertiary/aromatic N) is 4. The van der Waals surface area contributed by atoms with Crippen LogP contribution >= 0.6 is 0 Å². The fraction of sp³-hybridized carbons (Fsp3) is 0.267. The topological polar surface area (TPSA) is 163 Å². The number of nitrogens with two attached hydrogens (primary N) is 2. The summed E-state index contributed by atoms with van der Waals surface area (Å²) in [5.41, 5.74) is 5.75. The van der Waals surface area contributed by atoms with E-state index in [0.29, 0.717) is 0 Å². The van der Waals surface area contributed by atoms with Gasteiger partial charge in [-0.15, -0.1) is 0 Å². The molecule has 4 N–H and O–H groups in total. The van der Waals surface area contributed by atoms with Crippen LogP contribution in [0.5, 0.6) is 11.8 Å². The summed E-state index contributed by atoms with van der Waals surface area (Å²) in [5.74, 6) is 5.38. The number of methoxy groups -OCH3 is 2. The highest BCUT2D eigenvalue weighted by molar-refractivity contribution is 7.91. The predicted octanol–water partition coefficient (Wildman–Crippen LogP) is 0.132. The second-order valence-electron chi connectivity index (χ2n) is 5.10. The lowest BCUT2D eigenvalue weighted by atomic mass is 10.4. The van der Waals surface area contributed by atoms with Crippen molar-refractivity contribution in [3.05, 3.63) is 30.3 Å². The van der Waals surface area contributed by atoms with Gasteiger partial charge in [0.05, 0.1) is 36.0 Å². The number of aromatic nitrogens is 2. The van der Waals surface area contributed by atoms with E-state index in [1.54, 1.807) is 13.0 Å². The molecule has 0 aliphatic carbocycles. The van der Waals surface area contributed by atoms with Crippen molar-refractivity contribution >= 4 is 32.7 Å². The molecule has 2 aromatic rings. The molecule has 0 bridgehead atoms. The minimum absolute atomic E-state index is 0.118. The number of rotatable bonds is 7. The average molecular weight is 428 g/mol. The normalized spacial score (nSPS) is 13.1. The third-order valence-electron chi connectivity index (χ3n) is 3.42. The molecule has 0 spiro atoms. The Morgan fingerprint density at radius 2 is 1.79 bits per heavy atom. The molecule has 1 aromatic heterocycles. The van der Waals surface area contributed by atoms with Gasteiger partial charge in [-0.3, -0.25) is 4.21 Å². The van der Waals surface area contributed by atoms with Gasteiger partial charge in [0.25, 0.3) is 16.0 Å². The molecule has 152 valence electrons. The lowest BCUT2D eigenvalue weighted by molar-refractivity contribution is 0.372. The van der Waals surface area contributed by atoms with Gasteiger partial charge < -0.3 is 15.2 Å². The minimum atomic E-state index is -4.33. The van der Waals surface area contributed by atoms with Crippen molar-refractivity contribution in [3.8, 4) is 11.8 Å². The quantitative estimate of drug-likeness (QED) is 0.270. The zero-order chi connectivity index (χ0) is 20.9. The third-order valence-corrected chi connectivity index (χ3v) is 6.54. The summed E-state index contributed by atoms with van der Waals surface area (Å²) in [6, 6.07) is 7.21. The van der Waals surface area contributed by atoms with Crippen LogP contribution in [0.1, 0.15) is 6.92 Å². The van der Waals surface area contributed by atoms with E-state index in [4.69, 9.17) is 21.1 Å². The van der Waals surface area contributed by atoms with E-state index in [9.17, 15) is 12.6 Å². The molecule has 0 saturated carbocycles. The molecule has 2 rings (SSSR count). The van der Waals surface area contributed by atoms with Crippen LogP contribution in [-0.4, -0.2) is 52.9 Å². The number of benzene rings is 1. The Hall–Kier alpha value is -2.77. The van der Waals surface area contributed by atoms with Crippen molar-refractivity contribution in [1.82, 2.24) is 14.4 Å². The van der Waals surface area contributed by atoms with Crippen molar-refractivity contribution in [2.45, 2.75) is 16.7 Å². The highest BCUT2D eigenvalue weighted by Gasteiger charge is 2.28. The van der Waals surface area contributed by atoms with Crippen molar-refractivity contribution in [3.63, 3.8) is 0 Å². The summed E-state index contributed by atoms with van der Waals surface area (Å²) < 4.78 is 48.2. The SMILES string of the molecule is CCS(=O)c1ccccc1S(=O)(=O)N(N)C(N)=Nc1nc(OC)cc(OC)n1. The molecule has 1 heterocycles. The molecule has 0 radical (unpaired) electrons. The fourth-order valence-electron chi connectivity index (χ4n) is 2.04. The van der Waals surface area contributed by atoms with Gasteiger partial charge >= 0.3 is 0 Å². The molecule has 11 nitrogen and oxygen atoms in total. The fourth-order valence-corrected chi connectivity index (χ4v) is 4.54. The zero-order valence-corrected chi connectivity index (χ0v) is 17.0. The van der Waals surface area contributed by atoms with Crippen LogP contribution in [0.25, 0.3) is 0 Å². The molecule has 1 aromatic carbocycles. The molecule has 0 aliphatic rings. The maximum absolute atomic E-state index is 12.9. The first-order valence-electron chi connectivity index (χ1n) is 7.83. The molecule has 0 amide bonds. The number of hydrogen-bond acceptors (Lipinski definition) is 9. The van der Waals surface area contributed by atoms with E-state index >= 15 is 0 Å². The summed E-state index contributed by atoms with van der Waals surface area (Å²) in [4.78, 5) is 11.6. The van der Waals surface area contributed by atoms with Gasteiger partial charge in [-0.25, -0.2) is 5.84 Å². The van der Waals surface area contributed by atoms with Gasteiger partial charge in [-0.2, -0.15) is 27.8 Å². The Balaban J connectivity index is 2.46. The first-order valence-corrected chi connectivity index (χ1v) is 10.6. The first-order chi connectivity index (χ1) is 13.2. The second kappa shape index (κ2) is 8.95. The molecule has 28 heavy (non-hydrogen) atoms. The molecule has 1 unspecified atom stereocenters. The second-order valence-corrected chi connectivity index (χ2v) is 8.60. The molecule has 13 heteroatoms. The van der Waals surface area contributed by atoms with E-state index in [-0.39, 0.29) is 37.7 Å². The van der Waals surface area contributed by atoms with Gasteiger partial charge in [-0.1, -0.05) is 19.1 Å². The lowest BCUT2D eigenvalue weighted by Crippen LogP contribution is -2.47. The maximum Gasteiger partial charge on any atom is 0.281 e. The standard InChI is InChI=1S/C15H20N6O5S2/c1-4-27(22)10-7-5-6-8-11(10)28(23,24)21(17)14(16)20-15-18-12(25-2)9-13(19-15)26-3/h5-9H,4,17H2,1-3H3,(H2,16,18,19,20). The Bertz CT molecular complexity index is 989. The van der Waals surface area contributed by atoms with E-state index in [1.807, 2.05) is 0 Å². The van der Waals surface area contributed by atoms with E-state index in [2.05, 4.69) is 15.0 Å². The monoisotopic (exact) mass is 428 g/mol. The Kier molecular flexibility index (Phi) is 6.88. The van der Waals surface area contributed by atoms with Crippen LogP contribution in [0.3, 0.4) is 0 Å². The number of hydrogen-bond donors (Lipinski definition) is 2. The van der Waals surface area contributed by atoms with Crippen molar-refractivity contribution in [1.29, 1.82) is 0 Å². The predicted molar refractivity (Wildman–Crippen MR) is 103 cm³/mol. The van der Waals surface area contributed by atoms with Crippen molar-refractivity contribution < 1.29 is 22.1 Å². The largest absolute Gasteiger partial charge is 0.481 e. The summed E-state index contributed by atoms with van der Waals surface area (Å²) in [5, 5.41) is 0. The van der Waals surface area contributed by atoms with Crippen LogP contribution in [0, 0.1) is 0 Å². The van der Waals surface area contributed by atoms with Crippen molar-refractivity contribution in [2.75, 3.05) is 20.0 Å². The minimum Gasteiger partial charge on any atom is -0.481 e.